The van der Waals surface area contributed by atoms with Crippen molar-refractivity contribution in [2.24, 2.45) is 0 Å². The van der Waals surface area contributed by atoms with E-state index < -0.39 is 0 Å². The molecule has 0 N–H and O–H groups in total. The van der Waals surface area contributed by atoms with Crippen LogP contribution < -0.4 is 0 Å². The van der Waals surface area contributed by atoms with Crippen LogP contribution in [0.5, 0.6) is 0 Å². The number of rotatable bonds is 4. The summed E-state index contributed by atoms with van der Waals surface area (Å²) in [5, 5.41) is 7.62. The van der Waals surface area contributed by atoms with Crippen molar-refractivity contribution in [1.82, 2.24) is 0 Å². The van der Waals surface area contributed by atoms with Crippen molar-refractivity contribution in [1.29, 1.82) is 0 Å². The molecule has 0 amide bonds. The molecule has 0 fully saturated rings. The van der Waals surface area contributed by atoms with Gasteiger partial charge in [-0.1, -0.05) is 158 Å². The average Bonchev–Trinajstić information content (AvgIpc) is 3.07. The van der Waals surface area contributed by atoms with E-state index in [1.165, 1.54) is 76.8 Å². The molecule has 0 heteroatoms. The van der Waals surface area contributed by atoms with Crippen LogP contribution in [0, 0.1) is 0 Å². The lowest BCUT2D eigenvalue weighted by atomic mass is 9.85. The van der Waals surface area contributed by atoms with E-state index in [0.29, 0.717) is 0 Å². The summed E-state index contributed by atoms with van der Waals surface area (Å²) in [6.07, 6.45) is 0. The molecule has 8 aromatic carbocycles. The minimum atomic E-state index is 1.23. The first-order chi connectivity index (χ1) is 20.8. The summed E-state index contributed by atoms with van der Waals surface area (Å²) in [7, 11) is 0. The maximum Gasteiger partial charge on any atom is -0.00262 e. The van der Waals surface area contributed by atoms with E-state index in [0.717, 1.165) is 0 Å². The summed E-state index contributed by atoms with van der Waals surface area (Å²) in [6.45, 7) is 0. The molecule has 0 aliphatic heterocycles. The van der Waals surface area contributed by atoms with Crippen LogP contribution in [0.2, 0.25) is 0 Å². The Morgan fingerprint density at radius 2 is 0.643 bits per heavy atom. The topological polar surface area (TPSA) is 0 Å². The highest BCUT2D eigenvalue weighted by Crippen LogP contribution is 2.45. The molecule has 42 heavy (non-hydrogen) atoms. The van der Waals surface area contributed by atoms with E-state index in [1.54, 1.807) is 0 Å². The Bertz CT molecular complexity index is 2180. The van der Waals surface area contributed by atoms with Crippen molar-refractivity contribution in [3.63, 3.8) is 0 Å². The lowest BCUT2D eigenvalue weighted by Crippen LogP contribution is -1.91. The largest absolute Gasteiger partial charge is 0.0622 e. The van der Waals surface area contributed by atoms with Crippen LogP contribution in [0.1, 0.15) is 0 Å². The van der Waals surface area contributed by atoms with E-state index in [4.69, 9.17) is 0 Å². The molecule has 0 unspecified atom stereocenters. The van der Waals surface area contributed by atoms with Gasteiger partial charge >= 0.3 is 0 Å². The second-order valence-electron chi connectivity index (χ2n) is 10.9. The summed E-state index contributed by atoms with van der Waals surface area (Å²) in [4.78, 5) is 0. The first-order valence-electron chi connectivity index (χ1n) is 14.5. The maximum absolute atomic E-state index is 2.37. The van der Waals surface area contributed by atoms with Crippen molar-refractivity contribution in [3.05, 3.63) is 170 Å². The van der Waals surface area contributed by atoms with E-state index in [1.807, 2.05) is 0 Å². The van der Waals surface area contributed by atoms with Gasteiger partial charge in [0.25, 0.3) is 0 Å². The lowest BCUT2D eigenvalue weighted by molar-refractivity contribution is 1.61. The molecule has 0 aliphatic rings. The van der Waals surface area contributed by atoms with E-state index >= 15 is 0 Å². The molecule has 0 saturated heterocycles. The van der Waals surface area contributed by atoms with Crippen LogP contribution in [0.25, 0.3) is 76.8 Å². The second kappa shape index (κ2) is 10.2. The Morgan fingerprint density at radius 3 is 1.26 bits per heavy atom. The molecular formula is C42H28. The molecular weight excluding hydrogens is 504 g/mol. The van der Waals surface area contributed by atoms with Crippen LogP contribution >= 0.6 is 0 Å². The number of benzene rings is 8. The Hall–Kier alpha value is -5.46. The first kappa shape index (κ1) is 24.3. The van der Waals surface area contributed by atoms with Gasteiger partial charge < -0.3 is 0 Å². The van der Waals surface area contributed by atoms with Gasteiger partial charge in [-0.2, -0.15) is 0 Å². The Labute approximate surface area is 246 Å². The summed E-state index contributed by atoms with van der Waals surface area (Å²) >= 11 is 0. The van der Waals surface area contributed by atoms with Crippen LogP contribution in [-0.4, -0.2) is 0 Å². The highest BCUT2D eigenvalue weighted by molar-refractivity contribution is 6.21. The van der Waals surface area contributed by atoms with Crippen LogP contribution in [0.3, 0.4) is 0 Å². The Morgan fingerprint density at radius 1 is 0.238 bits per heavy atom. The number of hydrogen-bond acceptors (Lipinski definition) is 0. The Balaban J connectivity index is 1.39. The second-order valence-corrected chi connectivity index (χ2v) is 10.9. The van der Waals surface area contributed by atoms with Crippen LogP contribution in [0.15, 0.2) is 170 Å². The van der Waals surface area contributed by atoms with Crippen molar-refractivity contribution < 1.29 is 0 Å². The molecule has 8 rings (SSSR count). The molecule has 0 nitrogen and oxygen atoms in total. The predicted octanol–water partition coefficient (Wildman–Crippen LogP) is 11.8. The third-order valence-corrected chi connectivity index (χ3v) is 8.44. The predicted molar refractivity (Wildman–Crippen MR) is 181 cm³/mol. The molecule has 0 radical (unpaired) electrons. The third kappa shape index (κ3) is 4.08. The fraction of sp³-hybridized carbons (Fsp3) is 0. The average molecular weight is 533 g/mol. The molecule has 0 spiro atoms. The highest BCUT2D eigenvalue weighted by atomic mass is 14.2. The maximum atomic E-state index is 2.37. The van der Waals surface area contributed by atoms with Gasteiger partial charge in [0.1, 0.15) is 0 Å². The van der Waals surface area contributed by atoms with Gasteiger partial charge in [0, 0.05) is 0 Å². The van der Waals surface area contributed by atoms with Gasteiger partial charge in [0.05, 0.1) is 0 Å². The molecule has 0 saturated carbocycles. The standard InChI is InChI=1S/C42H28/c1-2-13-29(14-3-1)31-17-10-19-33(27-31)41-37-22-6-8-24-39(37)42(40-25-9-7-23-38(40)41)34-20-11-18-32(28-34)36-26-12-16-30-15-4-5-21-35(30)36/h1-28H. The van der Waals surface area contributed by atoms with Gasteiger partial charge in [-0.05, 0) is 89.0 Å². The fourth-order valence-electron chi connectivity index (χ4n) is 6.55. The van der Waals surface area contributed by atoms with E-state index in [2.05, 4.69) is 170 Å². The van der Waals surface area contributed by atoms with Gasteiger partial charge in [-0.25, -0.2) is 0 Å². The lowest BCUT2D eigenvalue weighted by Gasteiger charge is -2.19. The molecule has 0 aliphatic carbocycles. The molecule has 0 bridgehead atoms. The third-order valence-electron chi connectivity index (χ3n) is 8.44. The molecule has 0 heterocycles. The molecule has 0 atom stereocenters. The first-order valence-corrected chi connectivity index (χ1v) is 14.5. The molecule has 196 valence electrons. The minimum Gasteiger partial charge on any atom is -0.0622 e. The highest BCUT2D eigenvalue weighted by Gasteiger charge is 2.17. The fourth-order valence-corrected chi connectivity index (χ4v) is 6.55. The number of hydrogen-bond donors (Lipinski definition) is 0. The monoisotopic (exact) mass is 532 g/mol. The number of fused-ring (bicyclic) bond motifs is 3. The van der Waals surface area contributed by atoms with Crippen LogP contribution in [0.4, 0.5) is 0 Å². The van der Waals surface area contributed by atoms with Crippen molar-refractivity contribution in [3.8, 4) is 44.5 Å². The minimum absolute atomic E-state index is 1.23. The van der Waals surface area contributed by atoms with E-state index in [9.17, 15) is 0 Å². The normalized spacial score (nSPS) is 11.3. The summed E-state index contributed by atoms with van der Waals surface area (Å²) in [6, 6.07) is 61.7. The summed E-state index contributed by atoms with van der Waals surface area (Å²) in [5.74, 6) is 0. The van der Waals surface area contributed by atoms with Crippen LogP contribution in [-0.2, 0) is 0 Å². The zero-order chi connectivity index (χ0) is 27.9. The van der Waals surface area contributed by atoms with Crippen molar-refractivity contribution >= 4 is 32.3 Å². The summed E-state index contributed by atoms with van der Waals surface area (Å²) < 4.78 is 0. The van der Waals surface area contributed by atoms with Gasteiger partial charge in [0.15, 0.2) is 0 Å². The van der Waals surface area contributed by atoms with E-state index in [-0.39, 0.29) is 0 Å². The molecule has 8 aromatic rings. The smallest absolute Gasteiger partial charge is 0.00262 e. The van der Waals surface area contributed by atoms with Gasteiger partial charge in [0.2, 0.25) is 0 Å². The van der Waals surface area contributed by atoms with Gasteiger partial charge in [-0.3, -0.25) is 0 Å². The molecule has 0 aromatic heterocycles. The zero-order valence-electron chi connectivity index (χ0n) is 23.2. The summed E-state index contributed by atoms with van der Waals surface area (Å²) in [5.41, 5.74) is 9.99. The van der Waals surface area contributed by atoms with Crippen molar-refractivity contribution in [2.45, 2.75) is 0 Å². The van der Waals surface area contributed by atoms with Gasteiger partial charge in [-0.15, -0.1) is 0 Å². The van der Waals surface area contributed by atoms with Crippen molar-refractivity contribution in [2.75, 3.05) is 0 Å². The zero-order valence-corrected chi connectivity index (χ0v) is 23.2. The quantitative estimate of drug-likeness (QED) is 0.198. The Kier molecular flexibility index (Phi) is 5.90. The SMILES string of the molecule is c1ccc(-c2cccc(-c3c4ccccc4c(-c4cccc(-c5cccc6ccccc56)c4)c4ccccc34)c2)cc1.